The van der Waals surface area contributed by atoms with Crippen molar-refractivity contribution in [3.63, 3.8) is 0 Å². The maximum atomic E-state index is 13.3. The quantitative estimate of drug-likeness (QED) is 0.500. The third-order valence-corrected chi connectivity index (χ3v) is 7.94. The summed E-state index contributed by atoms with van der Waals surface area (Å²) in [6, 6.07) is 0.669. The van der Waals surface area contributed by atoms with Crippen LogP contribution in [0.1, 0.15) is 48.3 Å². The van der Waals surface area contributed by atoms with E-state index in [-0.39, 0.29) is 22.8 Å². The lowest BCUT2D eigenvalue weighted by Crippen LogP contribution is -2.45. The number of amides is 1. The van der Waals surface area contributed by atoms with Crippen molar-refractivity contribution in [2.45, 2.75) is 50.1 Å². The average Bonchev–Trinajstić information content (AvgIpc) is 3.42. The Morgan fingerprint density at radius 1 is 1.32 bits per heavy atom. The van der Waals surface area contributed by atoms with Gasteiger partial charge in [-0.25, -0.2) is 9.97 Å². The zero-order valence-electron chi connectivity index (χ0n) is 20.2. The second kappa shape index (κ2) is 8.86. The predicted molar refractivity (Wildman–Crippen MR) is 134 cm³/mol. The first-order valence-electron chi connectivity index (χ1n) is 11.7. The standard InChI is InChI=1S/C23H33N9OS/c1-23(2)9-13-10-25-21(24)27-17(13)18-16(23)19(30-29-18)20(33)28-22-26-14(12-34-22)11-32-7-5-15(6-8-32)31(3)4/h10,12,15,22,26H,5-9,11H2,1-4H3,(H,28,33)(H,29,30)(H2,24,25,27). The van der Waals surface area contributed by atoms with E-state index in [1.807, 2.05) is 0 Å². The number of H-pyrrole nitrogens is 1. The number of fused-ring (bicyclic) bond motifs is 3. The number of piperidine rings is 1. The summed E-state index contributed by atoms with van der Waals surface area (Å²) in [5.74, 6) is 0.0215. The largest absolute Gasteiger partial charge is 0.368 e. The molecule has 2 aliphatic heterocycles. The molecule has 3 aliphatic rings. The number of nitrogen functional groups attached to an aromatic ring is 1. The van der Waals surface area contributed by atoms with Gasteiger partial charge >= 0.3 is 0 Å². The minimum absolute atomic E-state index is 0.182. The highest BCUT2D eigenvalue weighted by atomic mass is 32.2. The number of nitrogens with two attached hydrogens (primary N) is 1. The molecule has 0 saturated carbocycles. The number of carbonyl (C=O) groups excluding carboxylic acids is 1. The van der Waals surface area contributed by atoms with Crippen LogP contribution in [0.15, 0.2) is 17.3 Å². The summed E-state index contributed by atoms with van der Waals surface area (Å²) in [7, 11) is 4.32. The summed E-state index contributed by atoms with van der Waals surface area (Å²) >= 11 is 1.59. The van der Waals surface area contributed by atoms with Gasteiger partial charge in [0.2, 0.25) is 5.95 Å². The molecule has 1 atom stereocenters. The fourth-order valence-electron chi connectivity index (χ4n) is 5.22. The van der Waals surface area contributed by atoms with Gasteiger partial charge in [0, 0.05) is 43.1 Å². The summed E-state index contributed by atoms with van der Waals surface area (Å²) in [4.78, 5) is 26.6. The van der Waals surface area contributed by atoms with E-state index in [4.69, 9.17) is 5.73 Å². The third-order valence-electron chi connectivity index (χ3n) is 7.02. The number of nitrogens with one attached hydrogen (secondary N) is 3. The van der Waals surface area contributed by atoms with Gasteiger partial charge in [0.1, 0.15) is 11.4 Å². The van der Waals surface area contributed by atoms with E-state index in [0.717, 1.165) is 36.5 Å². The van der Waals surface area contributed by atoms with Gasteiger partial charge in [0.05, 0.1) is 5.69 Å². The Labute approximate surface area is 204 Å². The van der Waals surface area contributed by atoms with Crippen LogP contribution >= 0.6 is 11.8 Å². The molecule has 5 rings (SSSR count). The van der Waals surface area contributed by atoms with E-state index in [1.54, 1.807) is 18.0 Å². The van der Waals surface area contributed by atoms with Crippen LogP contribution in [0, 0.1) is 0 Å². The van der Waals surface area contributed by atoms with Gasteiger partial charge < -0.3 is 21.3 Å². The lowest BCUT2D eigenvalue weighted by Gasteiger charge is -2.35. The number of hydrogen-bond donors (Lipinski definition) is 4. The molecular formula is C23H33N9OS. The summed E-state index contributed by atoms with van der Waals surface area (Å²) in [5.41, 5.74) is 10.2. The molecule has 10 nitrogen and oxygen atoms in total. The molecule has 0 radical (unpaired) electrons. The van der Waals surface area contributed by atoms with Crippen molar-refractivity contribution in [2.24, 2.45) is 0 Å². The monoisotopic (exact) mass is 483 g/mol. The molecule has 5 N–H and O–H groups in total. The molecule has 1 unspecified atom stereocenters. The highest BCUT2D eigenvalue weighted by Crippen LogP contribution is 2.42. The molecule has 0 bridgehead atoms. The normalized spacial score (nSPS) is 22.1. The summed E-state index contributed by atoms with van der Waals surface area (Å²) in [6.07, 6.45) is 4.84. The van der Waals surface area contributed by atoms with Gasteiger partial charge in [0.25, 0.3) is 5.91 Å². The summed E-state index contributed by atoms with van der Waals surface area (Å²) in [5, 5.41) is 16.1. The van der Waals surface area contributed by atoms with Gasteiger partial charge in [-0.15, -0.1) is 0 Å². The van der Waals surface area contributed by atoms with E-state index in [1.165, 1.54) is 12.8 Å². The molecule has 11 heteroatoms. The van der Waals surface area contributed by atoms with Crippen LogP contribution in [-0.2, 0) is 11.8 Å². The Balaban J connectivity index is 1.23. The van der Waals surface area contributed by atoms with E-state index in [2.05, 4.69) is 73.9 Å². The van der Waals surface area contributed by atoms with E-state index in [0.29, 0.717) is 29.5 Å². The Kier molecular flexibility index (Phi) is 6.03. The first-order chi connectivity index (χ1) is 16.2. The molecular weight excluding hydrogens is 450 g/mol. The zero-order chi connectivity index (χ0) is 24.0. The number of anilines is 1. The molecule has 0 spiro atoms. The number of likely N-dealkylation sites (tertiary alicyclic amines) is 1. The molecule has 2 aromatic heterocycles. The van der Waals surface area contributed by atoms with Gasteiger partial charge in [0.15, 0.2) is 5.50 Å². The lowest BCUT2D eigenvalue weighted by molar-refractivity contribution is 0.0939. The van der Waals surface area contributed by atoms with Crippen molar-refractivity contribution in [1.82, 2.24) is 40.6 Å². The number of rotatable bonds is 5. The SMILES string of the molecule is CN(C)C1CCN(CC2=CSC(NC(=O)c3[nH]nc4c3C(C)(C)Cc3cnc(N)nc3-4)N2)CC1. The van der Waals surface area contributed by atoms with Crippen LogP contribution in [0.25, 0.3) is 11.4 Å². The molecule has 34 heavy (non-hydrogen) atoms. The molecule has 1 saturated heterocycles. The number of carbonyl (C=O) groups is 1. The molecule has 182 valence electrons. The van der Waals surface area contributed by atoms with Crippen molar-refractivity contribution in [3.8, 4) is 11.4 Å². The second-order valence-corrected chi connectivity index (χ2v) is 11.2. The van der Waals surface area contributed by atoms with Crippen LogP contribution in [0.3, 0.4) is 0 Å². The molecule has 1 fully saturated rings. The number of hydrogen-bond acceptors (Lipinski definition) is 9. The fraction of sp³-hybridized carbons (Fsp3) is 0.565. The van der Waals surface area contributed by atoms with Gasteiger partial charge in [-0.2, -0.15) is 5.10 Å². The lowest BCUT2D eigenvalue weighted by atomic mass is 9.73. The molecule has 4 heterocycles. The van der Waals surface area contributed by atoms with Crippen LogP contribution in [0.4, 0.5) is 5.95 Å². The van der Waals surface area contributed by atoms with Gasteiger partial charge in [-0.05, 0) is 49.7 Å². The maximum absolute atomic E-state index is 13.3. The van der Waals surface area contributed by atoms with Crippen molar-refractivity contribution >= 4 is 23.6 Å². The van der Waals surface area contributed by atoms with Crippen LogP contribution < -0.4 is 16.4 Å². The number of thioether (sulfide) groups is 1. The van der Waals surface area contributed by atoms with Crippen molar-refractivity contribution in [2.75, 3.05) is 39.5 Å². The minimum Gasteiger partial charge on any atom is -0.368 e. The molecule has 2 aromatic rings. The van der Waals surface area contributed by atoms with E-state index in [9.17, 15) is 4.79 Å². The molecule has 0 aromatic carbocycles. The van der Waals surface area contributed by atoms with Crippen molar-refractivity contribution in [1.29, 1.82) is 0 Å². The number of aromatic nitrogens is 4. The first-order valence-corrected chi connectivity index (χ1v) is 12.7. The predicted octanol–water partition coefficient (Wildman–Crippen LogP) is 1.50. The fourth-order valence-corrected chi connectivity index (χ4v) is 6.06. The van der Waals surface area contributed by atoms with Crippen molar-refractivity contribution in [3.05, 3.63) is 34.1 Å². The average molecular weight is 484 g/mol. The van der Waals surface area contributed by atoms with Gasteiger partial charge in [-0.1, -0.05) is 25.6 Å². The number of nitrogens with zero attached hydrogens (tertiary/aromatic N) is 5. The first kappa shape index (κ1) is 23.1. The topological polar surface area (TPSA) is 128 Å². The molecule has 1 amide bonds. The number of aromatic amines is 1. The van der Waals surface area contributed by atoms with Crippen molar-refractivity contribution < 1.29 is 4.79 Å². The Morgan fingerprint density at radius 3 is 2.82 bits per heavy atom. The Hall–Kier alpha value is -2.63. The van der Waals surface area contributed by atoms with Crippen LogP contribution in [-0.4, -0.2) is 81.1 Å². The minimum atomic E-state index is -0.292. The Morgan fingerprint density at radius 2 is 2.09 bits per heavy atom. The van der Waals surface area contributed by atoms with E-state index < -0.39 is 0 Å². The smallest absolute Gasteiger partial charge is 0.271 e. The van der Waals surface area contributed by atoms with Crippen LogP contribution in [0.5, 0.6) is 0 Å². The molecule has 1 aliphatic carbocycles. The maximum Gasteiger partial charge on any atom is 0.271 e. The zero-order valence-corrected chi connectivity index (χ0v) is 21.0. The summed E-state index contributed by atoms with van der Waals surface area (Å²) in [6.45, 7) is 7.28. The summed E-state index contributed by atoms with van der Waals surface area (Å²) < 4.78 is 0. The second-order valence-electron chi connectivity index (χ2n) is 10.2. The van der Waals surface area contributed by atoms with Crippen LogP contribution in [0.2, 0.25) is 0 Å². The third kappa shape index (κ3) is 4.39. The van der Waals surface area contributed by atoms with E-state index >= 15 is 0 Å². The highest BCUT2D eigenvalue weighted by Gasteiger charge is 2.39. The Bertz CT molecular complexity index is 1120. The van der Waals surface area contributed by atoms with Gasteiger partial charge in [-0.3, -0.25) is 14.8 Å². The highest BCUT2D eigenvalue weighted by molar-refractivity contribution is 8.02.